The minimum absolute atomic E-state index is 0.0457. The summed E-state index contributed by atoms with van der Waals surface area (Å²) in [5.41, 5.74) is 0. The minimum atomic E-state index is 0.0457. The summed E-state index contributed by atoms with van der Waals surface area (Å²) < 4.78 is 0. The topological polar surface area (TPSA) is 52.6 Å². The van der Waals surface area contributed by atoms with Crippen LogP contribution >= 0.6 is 0 Å². The van der Waals surface area contributed by atoms with Crippen molar-refractivity contribution in [1.82, 2.24) is 10.2 Å². The number of carbonyl (C=O) groups excluding carboxylic acids is 1. The van der Waals surface area contributed by atoms with Gasteiger partial charge in [-0.2, -0.15) is 0 Å². The van der Waals surface area contributed by atoms with Crippen molar-refractivity contribution < 1.29 is 9.90 Å². The maximum absolute atomic E-state index is 12.1. The molecule has 1 aliphatic rings. The molecule has 1 heterocycles. The van der Waals surface area contributed by atoms with Gasteiger partial charge in [-0.3, -0.25) is 4.79 Å². The van der Waals surface area contributed by atoms with E-state index in [1.54, 1.807) is 4.90 Å². The Balaban J connectivity index is 2.53. The van der Waals surface area contributed by atoms with Crippen LogP contribution in [0.4, 0.5) is 0 Å². The fourth-order valence-corrected chi connectivity index (χ4v) is 2.03. The third kappa shape index (κ3) is 3.47. The van der Waals surface area contributed by atoms with Crippen molar-refractivity contribution in [2.24, 2.45) is 5.92 Å². The molecule has 1 amide bonds. The normalized spacial score (nSPS) is 21.7. The molecule has 1 aliphatic heterocycles. The molecule has 0 aromatic rings. The molecule has 0 aromatic heterocycles. The zero-order valence-electron chi connectivity index (χ0n) is 9.70. The second-order valence-corrected chi connectivity index (χ2v) is 4.39. The second-order valence-electron chi connectivity index (χ2n) is 4.39. The first-order valence-corrected chi connectivity index (χ1v) is 5.79. The molecule has 1 fully saturated rings. The van der Waals surface area contributed by atoms with Gasteiger partial charge >= 0.3 is 0 Å². The van der Waals surface area contributed by atoms with Crippen LogP contribution in [0.1, 0.15) is 26.7 Å². The Morgan fingerprint density at radius 2 is 2.33 bits per heavy atom. The molecule has 1 atom stereocenters. The second kappa shape index (κ2) is 6.08. The fraction of sp³-hybridized carbons (Fsp3) is 0.909. The van der Waals surface area contributed by atoms with E-state index in [4.69, 9.17) is 5.11 Å². The number of amides is 1. The van der Waals surface area contributed by atoms with Crippen LogP contribution in [0.2, 0.25) is 0 Å². The molecule has 88 valence electrons. The third-order valence-electron chi connectivity index (χ3n) is 2.89. The summed E-state index contributed by atoms with van der Waals surface area (Å²) in [6, 6.07) is 0.173. The van der Waals surface area contributed by atoms with E-state index >= 15 is 0 Å². The Kier molecular flexibility index (Phi) is 5.05. The first-order valence-electron chi connectivity index (χ1n) is 5.79. The number of aliphatic hydroxyl groups is 1. The average molecular weight is 214 g/mol. The molecular formula is C11H22N2O2. The molecule has 0 aliphatic carbocycles. The van der Waals surface area contributed by atoms with Crippen LogP contribution in [0, 0.1) is 5.92 Å². The maximum atomic E-state index is 12.1. The van der Waals surface area contributed by atoms with E-state index in [0.29, 0.717) is 6.54 Å². The quantitative estimate of drug-likeness (QED) is 0.703. The molecule has 1 rings (SSSR count). The summed E-state index contributed by atoms with van der Waals surface area (Å²) in [7, 11) is 0. The lowest BCUT2D eigenvalue weighted by Crippen LogP contribution is -2.46. The van der Waals surface area contributed by atoms with Gasteiger partial charge < -0.3 is 15.3 Å². The van der Waals surface area contributed by atoms with Crippen LogP contribution in [0.5, 0.6) is 0 Å². The Morgan fingerprint density at radius 1 is 1.60 bits per heavy atom. The monoisotopic (exact) mass is 214 g/mol. The van der Waals surface area contributed by atoms with Crippen molar-refractivity contribution in [2.75, 3.05) is 26.2 Å². The van der Waals surface area contributed by atoms with Crippen LogP contribution < -0.4 is 5.32 Å². The fourth-order valence-electron chi connectivity index (χ4n) is 2.03. The lowest BCUT2D eigenvalue weighted by atomic mass is 9.97. The van der Waals surface area contributed by atoms with Gasteiger partial charge in [0.05, 0.1) is 12.5 Å². The van der Waals surface area contributed by atoms with E-state index in [1.165, 1.54) is 0 Å². The summed E-state index contributed by atoms with van der Waals surface area (Å²) in [5.74, 6) is 0.291. The Hall–Kier alpha value is -0.610. The minimum Gasteiger partial charge on any atom is -0.395 e. The van der Waals surface area contributed by atoms with Gasteiger partial charge in [-0.15, -0.1) is 0 Å². The highest BCUT2D eigenvalue weighted by Crippen LogP contribution is 2.14. The molecule has 0 unspecified atom stereocenters. The summed E-state index contributed by atoms with van der Waals surface area (Å²) >= 11 is 0. The van der Waals surface area contributed by atoms with Gasteiger partial charge in [-0.1, -0.05) is 0 Å². The number of carbonyl (C=O) groups is 1. The number of hydrogen-bond donors (Lipinski definition) is 2. The lowest BCUT2D eigenvalue weighted by molar-refractivity contribution is -0.138. The van der Waals surface area contributed by atoms with Crippen molar-refractivity contribution in [3.8, 4) is 0 Å². The van der Waals surface area contributed by atoms with Crippen molar-refractivity contribution >= 4 is 5.91 Å². The van der Waals surface area contributed by atoms with Gasteiger partial charge in [0.25, 0.3) is 0 Å². The number of nitrogens with one attached hydrogen (secondary N) is 1. The lowest BCUT2D eigenvalue weighted by Gasteiger charge is -2.32. The predicted octanol–water partition coefficient (Wildman–Crippen LogP) is 0.215. The van der Waals surface area contributed by atoms with Crippen LogP contribution in [0.15, 0.2) is 0 Å². The Morgan fingerprint density at radius 3 is 2.80 bits per heavy atom. The number of aliphatic hydroxyl groups excluding tert-OH is 1. The highest BCUT2D eigenvalue weighted by atomic mass is 16.3. The smallest absolute Gasteiger partial charge is 0.227 e. The molecule has 1 saturated heterocycles. The molecule has 0 spiro atoms. The highest BCUT2D eigenvalue weighted by Gasteiger charge is 2.26. The van der Waals surface area contributed by atoms with Gasteiger partial charge in [0, 0.05) is 19.1 Å². The zero-order valence-corrected chi connectivity index (χ0v) is 9.70. The highest BCUT2D eigenvalue weighted by molar-refractivity contribution is 5.79. The standard InChI is InChI=1S/C11H22N2O2/c1-9(2)13(6-7-14)11(15)10-4-3-5-12-8-10/h9-10,12,14H,3-8H2,1-2H3/t10-/m0/s1. The van der Waals surface area contributed by atoms with Crippen molar-refractivity contribution in [2.45, 2.75) is 32.7 Å². The Bertz CT molecular complexity index is 201. The van der Waals surface area contributed by atoms with Gasteiger partial charge in [0.1, 0.15) is 0 Å². The zero-order chi connectivity index (χ0) is 11.3. The molecule has 0 saturated carbocycles. The molecule has 0 bridgehead atoms. The van der Waals surface area contributed by atoms with Crippen LogP contribution in [-0.4, -0.2) is 48.2 Å². The van der Waals surface area contributed by atoms with Crippen molar-refractivity contribution in [1.29, 1.82) is 0 Å². The van der Waals surface area contributed by atoms with Gasteiger partial charge in [-0.25, -0.2) is 0 Å². The van der Waals surface area contributed by atoms with E-state index in [2.05, 4.69) is 5.32 Å². The summed E-state index contributed by atoms with van der Waals surface area (Å²) in [6.45, 7) is 6.28. The van der Waals surface area contributed by atoms with E-state index < -0.39 is 0 Å². The van der Waals surface area contributed by atoms with E-state index in [0.717, 1.165) is 25.9 Å². The Labute approximate surface area is 91.6 Å². The van der Waals surface area contributed by atoms with Crippen molar-refractivity contribution in [3.63, 3.8) is 0 Å². The van der Waals surface area contributed by atoms with Crippen molar-refractivity contribution in [3.05, 3.63) is 0 Å². The number of piperidine rings is 1. The molecule has 2 N–H and O–H groups in total. The summed E-state index contributed by atoms with van der Waals surface area (Å²) in [6.07, 6.45) is 2.04. The SMILES string of the molecule is CC(C)N(CCO)C(=O)[C@H]1CCCNC1. The van der Waals surface area contributed by atoms with Gasteiger partial charge in [-0.05, 0) is 33.2 Å². The van der Waals surface area contributed by atoms with Crippen LogP contribution in [0.3, 0.4) is 0 Å². The number of rotatable bonds is 4. The molecular weight excluding hydrogens is 192 g/mol. The van der Waals surface area contributed by atoms with E-state index in [9.17, 15) is 4.79 Å². The number of nitrogens with zero attached hydrogens (tertiary/aromatic N) is 1. The molecule has 4 heteroatoms. The number of hydrogen-bond acceptors (Lipinski definition) is 3. The predicted molar refractivity (Wildman–Crippen MR) is 59.5 cm³/mol. The first kappa shape index (κ1) is 12.5. The first-order chi connectivity index (χ1) is 7.16. The molecule has 4 nitrogen and oxygen atoms in total. The summed E-state index contributed by atoms with van der Waals surface area (Å²) in [5, 5.41) is 12.2. The maximum Gasteiger partial charge on any atom is 0.227 e. The largest absolute Gasteiger partial charge is 0.395 e. The van der Waals surface area contributed by atoms with Gasteiger partial charge in [0.2, 0.25) is 5.91 Å². The van der Waals surface area contributed by atoms with E-state index in [1.807, 2.05) is 13.8 Å². The third-order valence-corrected chi connectivity index (χ3v) is 2.89. The van der Waals surface area contributed by atoms with Gasteiger partial charge in [0.15, 0.2) is 0 Å². The van der Waals surface area contributed by atoms with Crippen LogP contribution in [0.25, 0.3) is 0 Å². The molecule has 0 aromatic carbocycles. The van der Waals surface area contributed by atoms with E-state index in [-0.39, 0.29) is 24.5 Å². The average Bonchev–Trinajstić information content (AvgIpc) is 2.26. The van der Waals surface area contributed by atoms with Crippen LogP contribution in [-0.2, 0) is 4.79 Å². The molecule has 15 heavy (non-hydrogen) atoms. The molecule has 0 radical (unpaired) electrons. The summed E-state index contributed by atoms with van der Waals surface area (Å²) in [4.78, 5) is 13.9.